The minimum absolute atomic E-state index is 0.000435. The molecule has 0 aliphatic heterocycles. The van der Waals surface area contributed by atoms with E-state index in [2.05, 4.69) is 4.72 Å². The van der Waals surface area contributed by atoms with Gasteiger partial charge in [-0.25, -0.2) is 22.0 Å². The van der Waals surface area contributed by atoms with E-state index in [1.54, 1.807) is 0 Å². The second-order valence-electron chi connectivity index (χ2n) is 5.10. The van der Waals surface area contributed by atoms with E-state index in [0.29, 0.717) is 5.56 Å². The molecule has 0 unspecified atom stereocenters. The van der Waals surface area contributed by atoms with Crippen LogP contribution in [0.2, 0.25) is 0 Å². The highest BCUT2D eigenvalue weighted by Crippen LogP contribution is 2.27. The average Bonchev–Trinajstić information content (AvgIpc) is 2.53. The maximum Gasteiger partial charge on any atom is 0.261 e. The number of carbonyl (C=O) groups excluding carboxylic acids is 1. The van der Waals surface area contributed by atoms with Gasteiger partial charge in [-0.2, -0.15) is 0 Å². The number of hydrogen-bond donors (Lipinski definition) is 2. The van der Waals surface area contributed by atoms with Crippen molar-refractivity contribution in [2.24, 2.45) is 5.14 Å². The van der Waals surface area contributed by atoms with Crippen LogP contribution in [0.3, 0.4) is 0 Å². The number of hydrogen-bond acceptors (Lipinski definition) is 6. The number of ether oxygens (including phenoxy) is 1. The minimum Gasteiger partial charge on any atom is -0.495 e. The Morgan fingerprint density at radius 3 is 2.12 bits per heavy atom. The van der Waals surface area contributed by atoms with Crippen molar-refractivity contribution < 1.29 is 26.4 Å². The monoisotopic (exact) mass is 384 g/mol. The van der Waals surface area contributed by atoms with Gasteiger partial charge in [0.2, 0.25) is 10.0 Å². The Bertz CT molecular complexity index is 1010. The van der Waals surface area contributed by atoms with Crippen LogP contribution in [-0.4, -0.2) is 29.7 Å². The molecule has 2 aromatic rings. The van der Waals surface area contributed by atoms with Gasteiger partial charge in [-0.05, 0) is 37.3 Å². The lowest BCUT2D eigenvalue weighted by Crippen LogP contribution is -2.16. The largest absolute Gasteiger partial charge is 0.495 e. The van der Waals surface area contributed by atoms with Crippen LogP contribution in [0.1, 0.15) is 17.3 Å². The van der Waals surface area contributed by atoms with Crippen molar-refractivity contribution in [2.45, 2.75) is 16.7 Å². The molecular formula is C15H16N2O6S2. The highest BCUT2D eigenvalue weighted by molar-refractivity contribution is 7.92. The summed E-state index contributed by atoms with van der Waals surface area (Å²) in [5.41, 5.74) is 0.375. The zero-order valence-electron chi connectivity index (χ0n) is 13.4. The van der Waals surface area contributed by atoms with E-state index in [1.165, 1.54) is 50.4 Å². The normalized spacial score (nSPS) is 11.8. The summed E-state index contributed by atoms with van der Waals surface area (Å²) in [6, 6.07) is 9.04. The molecule has 0 spiro atoms. The maximum absolute atomic E-state index is 12.4. The number of nitrogens with two attached hydrogens (primary N) is 1. The number of primary sulfonamides is 1. The lowest BCUT2D eigenvalue weighted by Gasteiger charge is -2.12. The number of benzene rings is 2. The zero-order chi connectivity index (χ0) is 18.8. The molecule has 10 heteroatoms. The molecule has 0 radical (unpaired) electrons. The van der Waals surface area contributed by atoms with Crippen LogP contribution in [0.15, 0.2) is 52.3 Å². The molecule has 2 rings (SSSR count). The number of ketones is 1. The van der Waals surface area contributed by atoms with Crippen LogP contribution < -0.4 is 14.6 Å². The smallest absolute Gasteiger partial charge is 0.261 e. The second-order valence-corrected chi connectivity index (χ2v) is 8.31. The number of nitrogens with one attached hydrogen (secondary N) is 1. The van der Waals surface area contributed by atoms with Crippen molar-refractivity contribution in [3.8, 4) is 5.75 Å². The topological polar surface area (TPSA) is 133 Å². The molecular weight excluding hydrogens is 368 g/mol. The lowest BCUT2D eigenvalue weighted by atomic mass is 10.2. The Hall–Kier alpha value is -2.43. The summed E-state index contributed by atoms with van der Waals surface area (Å²) in [4.78, 5) is 10.8. The molecule has 134 valence electrons. The van der Waals surface area contributed by atoms with Gasteiger partial charge in [0.05, 0.1) is 17.7 Å². The van der Waals surface area contributed by atoms with Crippen LogP contribution in [-0.2, 0) is 20.0 Å². The predicted molar refractivity (Wildman–Crippen MR) is 91.6 cm³/mol. The first-order chi connectivity index (χ1) is 11.5. The van der Waals surface area contributed by atoms with E-state index in [1.807, 2.05) is 0 Å². The third kappa shape index (κ3) is 4.35. The predicted octanol–water partition coefficient (Wildman–Crippen LogP) is 1.35. The fourth-order valence-corrected chi connectivity index (χ4v) is 3.82. The summed E-state index contributed by atoms with van der Waals surface area (Å²) in [6.07, 6.45) is 0. The van der Waals surface area contributed by atoms with Gasteiger partial charge >= 0.3 is 0 Å². The van der Waals surface area contributed by atoms with Crippen LogP contribution in [0.5, 0.6) is 5.75 Å². The van der Waals surface area contributed by atoms with Crippen molar-refractivity contribution in [1.82, 2.24) is 0 Å². The molecule has 3 N–H and O–H groups in total. The Balaban J connectivity index is 2.39. The van der Waals surface area contributed by atoms with Gasteiger partial charge < -0.3 is 4.74 Å². The fraction of sp³-hybridized carbons (Fsp3) is 0.133. The van der Waals surface area contributed by atoms with Gasteiger partial charge in [0.25, 0.3) is 10.0 Å². The summed E-state index contributed by atoms with van der Waals surface area (Å²) < 4.78 is 55.1. The number of rotatable bonds is 6. The van der Waals surface area contributed by atoms with E-state index in [-0.39, 0.29) is 27.0 Å². The number of methoxy groups -OCH3 is 1. The summed E-state index contributed by atoms with van der Waals surface area (Å²) >= 11 is 0. The molecule has 0 aromatic heterocycles. The molecule has 0 saturated carbocycles. The van der Waals surface area contributed by atoms with Crippen molar-refractivity contribution in [1.29, 1.82) is 0 Å². The van der Waals surface area contributed by atoms with Gasteiger partial charge in [0.1, 0.15) is 10.6 Å². The SMILES string of the molecule is COc1ccc(NS(=O)(=O)c2ccc(C(C)=O)cc2)cc1S(N)(=O)=O. The van der Waals surface area contributed by atoms with Crippen LogP contribution >= 0.6 is 0 Å². The van der Waals surface area contributed by atoms with Gasteiger partial charge in [-0.15, -0.1) is 0 Å². The second kappa shape index (κ2) is 6.82. The summed E-state index contributed by atoms with van der Waals surface area (Å²) in [5.74, 6) is -0.193. The minimum atomic E-state index is -4.10. The van der Waals surface area contributed by atoms with Gasteiger partial charge in [-0.3, -0.25) is 9.52 Å². The van der Waals surface area contributed by atoms with Gasteiger partial charge in [0.15, 0.2) is 5.78 Å². The molecule has 0 bridgehead atoms. The highest BCUT2D eigenvalue weighted by Gasteiger charge is 2.19. The van der Waals surface area contributed by atoms with E-state index >= 15 is 0 Å². The first-order valence-corrected chi connectivity index (χ1v) is 9.92. The van der Waals surface area contributed by atoms with Crippen LogP contribution in [0, 0.1) is 0 Å². The van der Waals surface area contributed by atoms with Crippen molar-refractivity contribution in [3.63, 3.8) is 0 Å². The van der Waals surface area contributed by atoms with Crippen molar-refractivity contribution in [3.05, 3.63) is 48.0 Å². The van der Waals surface area contributed by atoms with Crippen LogP contribution in [0.4, 0.5) is 5.69 Å². The van der Waals surface area contributed by atoms with E-state index in [0.717, 1.165) is 6.07 Å². The first kappa shape index (κ1) is 18.9. The lowest BCUT2D eigenvalue weighted by molar-refractivity contribution is 0.101. The molecule has 25 heavy (non-hydrogen) atoms. The van der Waals surface area contributed by atoms with Gasteiger partial charge in [0, 0.05) is 5.56 Å². The first-order valence-electron chi connectivity index (χ1n) is 6.89. The quantitative estimate of drug-likeness (QED) is 0.722. The molecule has 8 nitrogen and oxygen atoms in total. The molecule has 0 aliphatic carbocycles. The zero-order valence-corrected chi connectivity index (χ0v) is 15.0. The summed E-state index contributed by atoms with van der Waals surface area (Å²) in [7, 11) is -6.81. The molecule has 0 fully saturated rings. The number of anilines is 1. The summed E-state index contributed by atoms with van der Waals surface area (Å²) in [5, 5.41) is 5.10. The molecule has 0 amide bonds. The molecule has 0 aliphatic rings. The summed E-state index contributed by atoms with van der Waals surface area (Å²) in [6.45, 7) is 1.37. The highest BCUT2D eigenvalue weighted by atomic mass is 32.2. The molecule has 0 heterocycles. The van der Waals surface area contributed by atoms with E-state index in [9.17, 15) is 21.6 Å². The number of carbonyl (C=O) groups is 1. The average molecular weight is 384 g/mol. The number of sulfonamides is 2. The Kier molecular flexibility index (Phi) is 5.16. The van der Waals surface area contributed by atoms with Crippen molar-refractivity contribution in [2.75, 3.05) is 11.8 Å². The van der Waals surface area contributed by atoms with E-state index in [4.69, 9.17) is 9.88 Å². The third-order valence-electron chi connectivity index (χ3n) is 3.29. The van der Waals surface area contributed by atoms with E-state index < -0.39 is 20.0 Å². The fourth-order valence-electron chi connectivity index (χ4n) is 2.05. The Morgan fingerprint density at radius 1 is 1.04 bits per heavy atom. The molecule has 0 atom stereocenters. The standard InChI is InChI=1S/C15H16N2O6S2/c1-10(18)11-3-6-13(7-4-11)25(21,22)17-12-5-8-14(23-2)15(9-12)24(16,19)20/h3-9,17H,1-2H3,(H2,16,19,20). The molecule has 2 aromatic carbocycles. The van der Waals surface area contributed by atoms with Crippen LogP contribution in [0.25, 0.3) is 0 Å². The van der Waals surface area contributed by atoms with Crippen molar-refractivity contribution >= 4 is 31.5 Å². The third-order valence-corrected chi connectivity index (χ3v) is 5.62. The number of Topliss-reactive ketones (excluding diaryl/α,β-unsaturated/α-hetero) is 1. The Labute approximate surface area is 145 Å². The van der Waals surface area contributed by atoms with Gasteiger partial charge in [-0.1, -0.05) is 12.1 Å². The Morgan fingerprint density at radius 2 is 1.64 bits per heavy atom. The maximum atomic E-state index is 12.4. The molecule has 0 saturated heterocycles.